The van der Waals surface area contributed by atoms with Crippen molar-refractivity contribution in [3.8, 4) is 17.2 Å². The number of benzene rings is 3. The maximum Gasteiger partial charge on any atom is 0.213 e. The van der Waals surface area contributed by atoms with Gasteiger partial charge in [0.05, 0.1) is 19.9 Å². The van der Waals surface area contributed by atoms with E-state index in [0.717, 1.165) is 42.9 Å². The second kappa shape index (κ2) is 9.68. The number of para-hydroxylation sites is 2. The zero-order valence-corrected chi connectivity index (χ0v) is 22.8. The summed E-state index contributed by atoms with van der Waals surface area (Å²) in [5.41, 5.74) is 8.87. The molecule has 7 rings (SSSR count). The topological polar surface area (TPSA) is 30.9 Å². The van der Waals surface area contributed by atoms with Crippen LogP contribution in [-0.4, -0.2) is 19.9 Å². The fourth-order valence-electron chi connectivity index (χ4n) is 7.17. The number of hydrogen-bond acceptors (Lipinski definition) is 4. The maximum absolute atomic E-state index is 7.17. The van der Waals surface area contributed by atoms with Crippen LogP contribution in [0.3, 0.4) is 0 Å². The molecule has 0 aromatic heterocycles. The molecule has 2 aliphatic carbocycles. The van der Waals surface area contributed by atoms with E-state index in [0.29, 0.717) is 5.92 Å². The Morgan fingerprint density at radius 2 is 1.49 bits per heavy atom. The van der Waals surface area contributed by atoms with Crippen LogP contribution < -0.4 is 19.1 Å². The lowest BCUT2D eigenvalue weighted by molar-refractivity contribution is 0.0353. The SMILES string of the molecule is COc1ccc(/C=C2/CCCC3=C2N2c4ccccc4OC24/C(=C/c2ccc(OC)cc2)CCCC4C3)cc1. The molecule has 0 N–H and O–H groups in total. The Morgan fingerprint density at radius 1 is 0.795 bits per heavy atom. The molecule has 2 heterocycles. The molecule has 198 valence electrons. The summed E-state index contributed by atoms with van der Waals surface area (Å²) in [5, 5.41) is 0. The molecule has 1 spiro atoms. The Kier molecular flexibility index (Phi) is 5.99. The van der Waals surface area contributed by atoms with Crippen LogP contribution in [0.15, 0.2) is 95.2 Å². The van der Waals surface area contributed by atoms with Crippen LogP contribution in [0.25, 0.3) is 12.2 Å². The summed E-state index contributed by atoms with van der Waals surface area (Å²) in [4.78, 5) is 2.61. The van der Waals surface area contributed by atoms with Crippen molar-refractivity contribution in [3.05, 3.63) is 106 Å². The van der Waals surface area contributed by atoms with Crippen LogP contribution in [0, 0.1) is 5.92 Å². The van der Waals surface area contributed by atoms with Gasteiger partial charge in [-0.15, -0.1) is 0 Å². The highest BCUT2D eigenvalue weighted by atomic mass is 16.5. The number of ether oxygens (including phenoxy) is 3. The minimum absolute atomic E-state index is 0.419. The Balaban J connectivity index is 1.39. The van der Waals surface area contributed by atoms with Crippen molar-refractivity contribution in [3.63, 3.8) is 0 Å². The van der Waals surface area contributed by atoms with Crippen molar-refractivity contribution >= 4 is 17.8 Å². The second-order valence-corrected chi connectivity index (χ2v) is 11.1. The predicted octanol–water partition coefficient (Wildman–Crippen LogP) is 8.41. The molecule has 39 heavy (non-hydrogen) atoms. The van der Waals surface area contributed by atoms with Gasteiger partial charge in [-0.05, 0) is 121 Å². The Labute approximate surface area is 231 Å². The van der Waals surface area contributed by atoms with E-state index in [1.807, 2.05) is 24.3 Å². The van der Waals surface area contributed by atoms with Crippen LogP contribution in [0.4, 0.5) is 5.69 Å². The second-order valence-electron chi connectivity index (χ2n) is 11.1. The van der Waals surface area contributed by atoms with Crippen LogP contribution >= 0.6 is 0 Å². The molecule has 3 aromatic rings. The van der Waals surface area contributed by atoms with E-state index in [9.17, 15) is 0 Å². The van der Waals surface area contributed by atoms with Crippen LogP contribution in [0.1, 0.15) is 56.1 Å². The third-order valence-corrected chi connectivity index (χ3v) is 8.91. The van der Waals surface area contributed by atoms with Gasteiger partial charge in [0.15, 0.2) is 0 Å². The molecule has 1 fully saturated rings. The van der Waals surface area contributed by atoms with Crippen LogP contribution in [-0.2, 0) is 0 Å². The number of hydrogen-bond donors (Lipinski definition) is 0. The van der Waals surface area contributed by atoms with Gasteiger partial charge in [-0.1, -0.05) is 36.4 Å². The highest BCUT2D eigenvalue weighted by molar-refractivity contribution is 5.78. The summed E-state index contributed by atoms with van der Waals surface area (Å²) in [7, 11) is 3.43. The monoisotopic (exact) mass is 517 g/mol. The highest BCUT2D eigenvalue weighted by Gasteiger charge is 2.59. The maximum atomic E-state index is 7.17. The average Bonchev–Trinajstić information content (AvgIpc) is 3.33. The van der Waals surface area contributed by atoms with Crippen molar-refractivity contribution < 1.29 is 14.2 Å². The molecule has 0 radical (unpaired) electrons. The Morgan fingerprint density at radius 3 is 2.21 bits per heavy atom. The summed E-state index contributed by atoms with van der Waals surface area (Å²) in [5.74, 6) is 3.18. The quantitative estimate of drug-likeness (QED) is 0.348. The molecular formula is C35H35NO3. The van der Waals surface area contributed by atoms with Gasteiger partial charge in [0.2, 0.25) is 5.72 Å². The van der Waals surface area contributed by atoms with Crippen molar-refractivity contribution in [1.82, 2.24) is 0 Å². The van der Waals surface area contributed by atoms with Gasteiger partial charge in [0, 0.05) is 11.6 Å². The first kappa shape index (κ1) is 24.1. The molecule has 4 nitrogen and oxygen atoms in total. The van der Waals surface area contributed by atoms with Gasteiger partial charge in [-0.3, -0.25) is 4.90 Å². The van der Waals surface area contributed by atoms with E-state index in [1.54, 1.807) is 19.8 Å². The van der Waals surface area contributed by atoms with Gasteiger partial charge in [-0.2, -0.15) is 0 Å². The lowest BCUT2D eigenvalue weighted by atomic mass is 9.68. The minimum Gasteiger partial charge on any atom is -0.497 e. The molecule has 4 aliphatic rings. The number of nitrogens with zero attached hydrogens (tertiary/aromatic N) is 1. The normalized spacial score (nSPS) is 25.5. The Bertz CT molecular complexity index is 1480. The largest absolute Gasteiger partial charge is 0.497 e. The molecule has 0 amide bonds. The highest BCUT2D eigenvalue weighted by Crippen LogP contribution is 2.61. The zero-order valence-electron chi connectivity index (χ0n) is 22.8. The summed E-state index contributed by atoms with van der Waals surface area (Å²) in [6.45, 7) is 0. The molecule has 3 aromatic carbocycles. The fourth-order valence-corrected chi connectivity index (χ4v) is 7.17. The van der Waals surface area contributed by atoms with E-state index < -0.39 is 5.72 Å². The van der Waals surface area contributed by atoms with Crippen molar-refractivity contribution in [2.45, 2.75) is 50.7 Å². The molecule has 0 saturated heterocycles. The molecule has 2 atom stereocenters. The van der Waals surface area contributed by atoms with Crippen molar-refractivity contribution in [2.75, 3.05) is 19.1 Å². The first-order valence-electron chi connectivity index (χ1n) is 14.2. The molecule has 0 bridgehead atoms. The molecular weight excluding hydrogens is 482 g/mol. The van der Waals surface area contributed by atoms with Gasteiger partial charge < -0.3 is 14.2 Å². The molecule has 4 heteroatoms. The number of methoxy groups -OCH3 is 2. The van der Waals surface area contributed by atoms with Gasteiger partial charge in [-0.25, -0.2) is 0 Å². The lowest BCUT2D eigenvalue weighted by Crippen LogP contribution is -2.60. The van der Waals surface area contributed by atoms with Gasteiger partial charge in [0.1, 0.15) is 17.2 Å². The zero-order chi connectivity index (χ0) is 26.4. The predicted molar refractivity (Wildman–Crippen MR) is 157 cm³/mol. The summed E-state index contributed by atoms with van der Waals surface area (Å²) >= 11 is 0. The smallest absolute Gasteiger partial charge is 0.213 e. The first-order valence-corrected chi connectivity index (χ1v) is 14.2. The number of allylic oxidation sites excluding steroid dienone is 2. The summed E-state index contributed by atoms with van der Waals surface area (Å²) < 4.78 is 18.0. The summed E-state index contributed by atoms with van der Waals surface area (Å²) in [6, 6.07) is 25.5. The number of fused-ring (bicyclic) bond motifs is 3. The van der Waals surface area contributed by atoms with Gasteiger partial charge in [0.25, 0.3) is 0 Å². The average molecular weight is 518 g/mol. The first-order chi connectivity index (χ1) is 19.2. The van der Waals surface area contributed by atoms with E-state index in [1.165, 1.54) is 52.9 Å². The summed E-state index contributed by atoms with van der Waals surface area (Å²) in [6.07, 6.45) is 12.7. The third kappa shape index (κ3) is 3.96. The van der Waals surface area contributed by atoms with Crippen LogP contribution in [0.2, 0.25) is 0 Å². The molecule has 1 saturated carbocycles. The standard InChI is InChI=1S/C35H35NO3/c1-37-30-17-13-24(14-18-30)21-26-7-5-8-27-23-29-10-6-9-28(22-25-15-19-31(38-2)20-16-25)35(29)36(34(26)27)32-11-3-4-12-33(32)39-35/h3-4,11-22,29H,5-10,23H2,1-2H3/b26-21-,28-22+. The molecule has 2 aliphatic heterocycles. The number of rotatable bonds is 4. The van der Waals surface area contributed by atoms with E-state index in [4.69, 9.17) is 14.2 Å². The van der Waals surface area contributed by atoms with Crippen LogP contribution in [0.5, 0.6) is 17.2 Å². The van der Waals surface area contributed by atoms with Crippen molar-refractivity contribution in [1.29, 1.82) is 0 Å². The fraction of sp³-hybridized carbons (Fsp3) is 0.314. The lowest BCUT2D eigenvalue weighted by Gasteiger charge is -2.53. The van der Waals surface area contributed by atoms with Gasteiger partial charge >= 0.3 is 0 Å². The van der Waals surface area contributed by atoms with E-state index in [2.05, 4.69) is 65.6 Å². The van der Waals surface area contributed by atoms with E-state index >= 15 is 0 Å². The molecule has 2 unspecified atom stereocenters. The van der Waals surface area contributed by atoms with E-state index in [-0.39, 0.29) is 0 Å². The third-order valence-electron chi connectivity index (χ3n) is 8.91. The number of anilines is 1. The van der Waals surface area contributed by atoms with Crippen molar-refractivity contribution in [2.24, 2.45) is 5.92 Å². The minimum atomic E-state index is -0.489. The Hall–Kier alpha value is -3.92.